The highest BCUT2D eigenvalue weighted by molar-refractivity contribution is 9.10. The topological polar surface area (TPSA) is 49.3 Å². The first kappa shape index (κ1) is 10.6. The average molecular weight is 254 g/mol. The van der Waals surface area contributed by atoms with E-state index in [-0.39, 0.29) is 5.56 Å². The van der Waals surface area contributed by atoms with Gasteiger partial charge in [0.1, 0.15) is 0 Å². The highest BCUT2D eigenvalue weighted by atomic mass is 79.9. The van der Waals surface area contributed by atoms with Crippen LogP contribution in [0.25, 0.3) is 0 Å². The zero-order valence-electron chi connectivity index (χ0n) is 7.25. The van der Waals surface area contributed by atoms with Crippen molar-refractivity contribution in [2.24, 2.45) is 0 Å². The molecule has 0 saturated carbocycles. The molecule has 0 aromatic heterocycles. The number of benzene rings is 1. The predicted molar refractivity (Wildman–Crippen MR) is 58.4 cm³/mol. The highest BCUT2D eigenvalue weighted by Crippen LogP contribution is 2.21. The lowest BCUT2D eigenvalue weighted by Gasteiger charge is -2.04. The van der Waals surface area contributed by atoms with Crippen molar-refractivity contribution in [2.75, 3.05) is 11.9 Å². The molecule has 0 bridgehead atoms. The van der Waals surface area contributed by atoms with E-state index in [1.807, 2.05) is 0 Å². The van der Waals surface area contributed by atoms with Crippen LogP contribution in [-0.2, 0) is 0 Å². The summed E-state index contributed by atoms with van der Waals surface area (Å²) in [5.41, 5.74) is 1.02. The lowest BCUT2D eigenvalue weighted by atomic mass is 10.2. The maximum Gasteiger partial charge on any atom is 0.336 e. The molecule has 3 nitrogen and oxygen atoms in total. The molecule has 0 amide bonds. The van der Waals surface area contributed by atoms with Crippen molar-refractivity contribution in [3.05, 3.63) is 28.2 Å². The van der Waals surface area contributed by atoms with E-state index in [9.17, 15) is 4.79 Å². The molecule has 0 spiro atoms. The van der Waals surface area contributed by atoms with Gasteiger partial charge in [0.05, 0.1) is 12.1 Å². The minimum absolute atomic E-state index is 0.233. The maximum absolute atomic E-state index is 10.7. The summed E-state index contributed by atoms with van der Waals surface area (Å²) in [5, 5.41) is 11.7. The van der Waals surface area contributed by atoms with Gasteiger partial charge in [-0.3, -0.25) is 0 Å². The molecule has 4 heteroatoms. The summed E-state index contributed by atoms with van der Waals surface area (Å²) < 4.78 is 0.534. The zero-order chi connectivity index (χ0) is 10.6. The Balaban J connectivity index is 2.90. The highest BCUT2D eigenvalue weighted by Gasteiger charge is 2.07. The van der Waals surface area contributed by atoms with Gasteiger partial charge in [0.2, 0.25) is 0 Å². The second-order valence-electron chi connectivity index (χ2n) is 2.56. The summed E-state index contributed by atoms with van der Waals surface area (Å²) >= 11 is 3.17. The van der Waals surface area contributed by atoms with Crippen molar-refractivity contribution in [1.29, 1.82) is 0 Å². The van der Waals surface area contributed by atoms with Crippen molar-refractivity contribution in [2.45, 2.75) is 0 Å². The predicted octanol–water partition coefficient (Wildman–Crippen LogP) is 2.19. The molecule has 0 fully saturated rings. The summed E-state index contributed by atoms with van der Waals surface area (Å²) in [5.74, 6) is 1.47. The first-order valence-corrected chi connectivity index (χ1v) is 4.64. The zero-order valence-corrected chi connectivity index (χ0v) is 8.84. The molecule has 1 aromatic carbocycles. The number of hydrogen-bond donors (Lipinski definition) is 2. The van der Waals surface area contributed by atoms with Crippen molar-refractivity contribution in [3.63, 3.8) is 0 Å². The van der Waals surface area contributed by atoms with Crippen molar-refractivity contribution < 1.29 is 9.90 Å². The lowest BCUT2D eigenvalue weighted by molar-refractivity contribution is 0.0696. The summed E-state index contributed by atoms with van der Waals surface area (Å²) in [6, 6.07) is 4.87. The Morgan fingerprint density at radius 3 is 2.86 bits per heavy atom. The smallest absolute Gasteiger partial charge is 0.336 e. The second-order valence-corrected chi connectivity index (χ2v) is 3.41. The molecule has 14 heavy (non-hydrogen) atoms. The van der Waals surface area contributed by atoms with Crippen LogP contribution in [0.3, 0.4) is 0 Å². The van der Waals surface area contributed by atoms with Crippen LogP contribution < -0.4 is 5.32 Å². The number of nitrogens with one attached hydrogen (secondary N) is 1. The Labute approximate surface area is 90.3 Å². The number of rotatable bonds is 3. The molecule has 1 rings (SSSR count). The van der Waals surface area contributed by atoms with E-state index < -0.39 is 5.97 Å². The third-order valence-corrected chi connectivity index (χ3v) is 2.25. The summed E-state index contributed by atoms with van der Waals surface area (Å²) in [6.07, 6.45) is 5.07. The molecule has 0 radical (unpaired) electrons. The molecule has 0 aliphatic carbocycles. The van der Waals surface area contributed by atoms with E-state index in [1.165, 1.54) is 6.07 Å². The summed E-state index contributed by atoms with van der Waals surface area (Å²) in [6.45, 7) is 0.416. The van der Waals surface area contributed by atoms with Gasteiger partial charge in [-0.25, -0.2) is 4.79 Å². The van der Waals surface area contributed by atoms with Gasteiger partial charge in [-0.15, -0.1) is 6.42 Å². The van der Waals surface area contributed by atoms with Gasteiger partial charge < -0.3 is 10.4 Å². The second kappa shape index (κ2) is 4.68. The Hall–Kier alpha value is -1.47. The molecule has 0 saturated heterocycles. The van der Waals surface area contributed by atoms with Gasteiger partial charge in [0.15, 0.2) is 0 Å². The van der Waals surface area contributed by atoms with Gasteiger partial charge in [-0.1, -0.05) is 5.92 Å². The van der Waals surface area contributed by atoms with Crippen molar-refractivity contribution in [1.82, 2.24) is 0 Å². The van der Waals surface area contributed by atoms with Gasteiger partial charge >= 0.3 is 5.97 Å². The molecule has 0 aliphatic heterocycles. The molecule has 1 aromatic rings. The number of terminal acetylenes is 1. The standard InChI is InChI=1S/C10H8BrNO2/c1-2-5-12-7-3-4-8(10(13)14)9(11)6-7/h1,3-4,6,12H,5H2,(H,13,14). The first-order valence-electron chi connectivity index (χ1n) is 3.85. The number of anilines is 1. The summed E-state index contributed by atoms with van der Waals surface area (Å²) in [4.78, 5) is 10.7. The molecule has 0 unspecified atom stereocenters. The van der Waals surface area contributed by atoms with Gasteiger partial charge in [-0.05, 0) is 34.1 Å². The fourth-order valence-electron chi connectivity index (χ4n) is 0.952. The third-order valence-electron chi connectivity index (χ3n) is 1.59. The SMILES string of the molecule is C#CCNc1ccc(C(=O)O)c(Br)c1. The molecule has 2 N–H and O–H groups in total. The van der Waals surface area contributed by atoms with Crippen LogP contribution in [0.2, 0.25) is 0 Å². The van der Waals surface area contributed by atoms with Crippen LogP contribution in [0, 0.1) is 12.3 Å². The number of hydrogen-bond acceptors (Lipinski definition) is 2. The third kappa shape index (κ3) is 2.51. The van der Waals surface area contributed by atoms with Crippen molar-refractivity contribution in [3.8, 4) is 12.3 Å². The van der Waals surface area contributed by atoms with Crippen LogP contribution in [-0.4, -0.2) is 17.6 Å². The Morgan fingerprint density at radius 2 is 2.36 bits per heavy atom. The van der Waals surface area contributed by atoms with Crippen LogP contribution in [0.5, 0.6) is 0 Å². The summed E-state index contributed by atoms with van der Waals surface area (Å²) in [7, 11) is 0. The van der Waals surface area contributed by atoms with Gasteiger partial charge in [0.25, 0.3) is 0 Å². The minimum atomic E-state index is -0.958. The number of aromatic carboxylic acids is 1. The molecule has 0 aliphatic rings. The lowest BCUT2D eigenvalue weighted by Crippen LogP contribution is -2.01. The van der Waals surface area contributed by atoms with Crippen LogP contribution in [0.1, 0.15) is 10.4 Å². The van der Waals surface area contributed by atoms with Crippen LogP contribution in [0.4, 0.5) is 5.69 Å². The number of carboxylic acids is 1. The maximum atomic E-state index is 10.7. The van der Waals surface area contributed by atoms with Gasteiger partial charge in [0, 0.05) is 10.2 Å². The quantitative estimate of drug-likeness (QED) is 0.813. The number of halogens is 1. The van der Waals surface area contributed by atoms with Crippen LogP contribution >= 0.6 is 15.9 Å². The average Bonchev–Trinajstić information content (AvgIpc) is 2.14. The Kier molecular flexibility index (Phi) is 3.55. The van der Waals surface area contributed by atoms with E-state index in [0.717, 1.165) is 5.69 Å². The molecule has 72 valence electrons. The van der Waals surface area contributed by atoms with E-state index in [1.54, 1.807) is 12.1 Å². The van der Waals surface area contributed by atoms with E-state index in [2.05, 4.69) is 27.2 Å². The Morgan fingerprint density at radius 1 is 1.64 bits per heavy atom. The van der Waals surface area contributed by atoms with Crippen molar-refractivity contribution >= 4 is 27.6 Å². The largest absolute Gasteiger partial charge is 0.478 e. The molecule has 0 heterocycles. The van der Waals surface area contributed by atoms with E-state index >= 15 is 0 Å². The monoisotopic (exact) mass is 253 g/mol. The van der Waals surface area contributed by atoms with E-state index in [4.69, 9.17) is 11.5 Å². The minimum Gasteiger partial charge on any atom is -0.478 e. The van der Waals surface area contributed by atoms with E-state index in [0.29, 0.717) is 11.0 Å². The fraction of sp³-hybridized carbons (Fsp3) is 0.100. The number of carbonyl (C=O) groups is 1. The molecular formula is C10H8BrNO2. The molecule has 0 atom stereocenters. The Bertz CT molecular complexity index is 396. The molecular weight excluding hydrogens is 246 g/mol. The number of carboxylic acid groups (broad SMARTS) is 1. The normalized spacial score (nSPS) is 9.14. The fourth-order valence-corrected chi connectivity index (χ4v) is 1.50. The first-order chi connectivity index (χ1) is 6.65. The van der Waals surface area contributed by atoms with Crippen LogP contribution in [0.15, 0.2) is 22.7 Å². The van der Waals surface area contributed by atoms with Gasteiger partial charge in [-0.2, -0.15) is 0 Å².